The molecule has 0 bridgehead atoms. The minimum Gasteiger partial charge on any atom is -0.508 e. The maximum absolute atomic E-state index is 9.60. The van der Waals surface area contributed by atoms with Crippen molar-refractivity contribution in [3.05, 3.63) is 41.3 Å². The van der Waals surface area contributed by atoms with Gasteiger partial charge in [0.2, 0.25) is 0 Å². The molecule has 0 amide bonds. The first-order valence-corrected chi connectivity index (χ1v) is 6.36. The number of nitrogen functional groups attached to an aromatic ring is 1. The van der Waals surface area contributed by atoms with Crippen molar-refractivity contribution in [3.8, 4) is 5.75 Å². The summed E-state index contributed by atoms with van der Waals surface area (Å²) in [6.07, 6.45) is 0. The number of hydrogen-bond acceptors (Lipinski definition) is 4. The van der Waals surface area contributed by atoms with Crippen molar-refractivity contribution in [3.63, 3.8) is 0 Å². The molecule has 0 radical (unpaired) electrons. The quantitative estimate of drug-likeness (QED) is 0.489. The highest BCUT2D eigenvalue weighted by molar-refractivity contribution is 8.00. The van der Waals surface area contributed by atoms with Crippen LogP contribution >= 0.6 is 23.1 Å². The van der Waals surface area contributed by atoms with Crippen molar-refractivity contribution in [1.29, 1.82) is 0 Å². The highest BCUT2D eigenvalue weighted by Gasteiger charge is 2.03. The molecule has 2 rings (SSSR count). The van der Waals surface area contributed by atoms with E-state index in [1.807, 2.05) is 17.5 Å². The highest BCUT2D eigenvalue weighted by atomic mass is 32.2. The first-order valence-electron chi connectivity index (χ1n) is 4.49. The van der Waals surface area contributed by atoms with Gasteiger partial charge in [0.15, 0.2) is 0 Å². The van der Waals surface area contributed by atoms with Gasteiger partial charge in [0.25, 0.3) is 0 Å². The topological polar surface area (TPSA) is 46.2 Å². The fraction of sp³-hybridized carbons (Fsp3) is 0.0909. The molecular weight excluding hydrogens is 226 g/mol. The SMILES string of the molecule is Nc1ccc(O)c(CSc2cccs2)c1. The molecule has 1 heterocycles. The van der Waals surface area contributed by atoms with Gasteiger partial charge in [-0.25, -0.2) is 0 Å². The molecule has 1 aromatic carbocycles. The van der Waals surface area contributed by atoms with E-state index in [0.29, 0.717) is 11.4 Å². The van der Waals surface area contributed by atoms with Crippen LogP contribution in [0.5, 0.6) is 5.75 Å². The van der Waals surface area contributed by atoms with E-state index in [1.165, 1.54) is 4.21 Å². The Morgan fingerprint density at radius 2 is 2.20 bits per heavy atom. The van der Waals surface area contributed by atoms with Crippen LogP contribution < -0.4 is 5.73 Å². The molecule has 0 spiro atoms. The number of rotatable bonds is 3. The number of benzene rings is 1. The number of nitrogens with two attached hydrogens (primary N) is 1. The molecular formula is C11H11NOS2. The molecule has 0 saturated carbocycles. The van der Waals surface area contributed by atoms with Gasteiger partial charge in [-0.05, 0) is 29.6 Å². The molecule has 0 aliphatic rings. The summed E-state index contributed by atoms with van der Waals surface area (Å²) in [5.74, 6) is 1.06. The molecule has 78 valence electrons. The van der Waals surface area contributed by atoms with Crippen LogP contribution in [0.15, 0.2) is 39.9 Å². The van der Waals surface area contributed by atoms with Crippen molar-refractivity contribution in [2.75, 3.05) is 5.73 Å². The minimum absolute atomic E-state index is 0.313. The second-order valence-corrected chi connectivity index (χ2v) is 5.33. The Morgan fingerprint density at radius 1 is 1.33 bits per heavy atom. The fourth-order valence-corrected chi connectivity index (χ4v) is 2.98. The maximum atomic E-state index is 9.60. The van der Waals surface area contributed by atoms with Gasteiger partial charge in [0.05, 0.1) is 4.21 Å². The molecule has 0 fully saturated rings. The third-order valence-electron chi connectivity index (χ3n) is 1.97. The summed E-state index contributed by atoms with van der Waals surface area (Å²) < 4.78 is 1.25. The standard InChI is InChI=1S/C11H11NOS2/c12-9-3-4-10(13)8(6-9)7-15-11-2-1-5-14-11/h1-6,13H,7,12H2. The lowest BCUT2D eigenvalue weighted by Gasteiger charge is -2.04. The average Bonchev–Trinajstić information content (AvgIpc) is 2.72. The van der Waals surface area contributed by atoms with Crippen LogP contribution in [0.1, 0.15) is 5.56 Å². The van der Waals surface area contributed by atoms with Gasteiger partial charge in [-0.1, -0.05) is 6.07 Å². The van der Waals surface area contributed by atoms with Gasteiger partial charge in [0, 0.05) is 17.0 Å². The normalized spacial score (nSPS) is 10.4. The van der Waals surface area contributed by atoms with Crippen LogP contribution in [-0.4, -0.2) is 5.11 Å². The summed E-state index contributed by atoms with van der Waals surface area (Å²) in [6, 6.07) is 9.25. The van der Waals surface area contributed by atoms with Gasteiger partial charge in [-0.2, -0.15) is 0 Å². The zero-order valence-corrected chi connectivity index (χ0v) is 9.65. The van der Waals surface area contributed by atoms with Crippen LogP contribution in [0, 0.1) is 0 Å². The number of phenolic OH excluding ortho intramolecular Hbond substituents is 1. The zero-order valence-electron chi connectivity index (χ0n) is 8.01. The van der Waals surface area contributed by atoms with Crippen LogP contribution in [0.3, 0.4) is 0 Å². The van der Waals surface area contributed by atoms with Crippen LogP contribution in [0.25, 0.3) is 0 Å². The zero-order chi connectivity index (χ0) is 10.7. The number of hydrogen-bond donors (Lipinski definition) is 2. The lowest BCUT2D eigenvalue weighted by atomic mass is 10.2. The highest BCUT2D eigenvalue weighted by Crippen LogP contribution is 2.30. The van der Waals surface area contributed by atoms with Crippen LogP contribution in [0.2, 0.25) is 0 Å². The van der Waals surface area contributed by atoms with Crippen molar-refractivity contribution in [2.45, 2.75) is 9.96 Å². The average molecular weight is 237 g/mol. The largest absolute Gasteiger partial charge is 0.508 e. The number of thiophene rings is 1. The first kappa shape index (κ1) is 10.4. The molecule has 3 N–H and O–H groups in total. The predicted octanol–water partition coefficient (Wildman–Crippen LogP) is 3.33. The van der Waals surface area contributed by atoms with Gasteiger partial charge in [-0.15, -0.1) is 23.1 Å². The Morgan fingerprint density at radius 3 is 2.93 bits per heavy atom. The van der Waals surface area contributed by atoms with Gasteiger partial charge < -0.3 is 10.8 Å². The fourth-order valence-electron chi connectivity index (χ4n) is 1.22. The Balaban J connectivity index is 2.07. The van der Waals surface area contributed by atoms with Crippen LogP contribution in [0.4, 0.5) is 5.69 Å². The van der Waals surface area contributed by atoms with E-state index in [2.05, 4.69) is 6.07 Å². The summed E-state index contributed by atoms with van der Waals surface area (Å²) >= 11 is 3.41. The summed E-state index contributed by atoms with van der Waals surface area (Å²) in [5, 5.41) is 11.6. The third kappa shape index (κ3) is 2.67. The van der Waals surface area contributed by atoms with Gasteiger partial charge >= 0.3 is 0 Å². The molecule has 0 saturated heterocycles. The molecule has 2 nitrogen and oxygen atoms in total. The summed E-state index contributed by atoms with van der Waals surface area (Å²) in [7, 11) is 0. The Bertz CT molecular complexity index is 440. The number of phenols is 1. The summed E-state index contributed by atoms with van der Waals surface area (Å²) in [4.78, 5) is 0. The number of thioether (sulfide) groups is 1. The van der Waals surface area contributed by atoms with E-state index in [0.717, 1.165) is 11.3 Å². The molecule has 0 aliphatic heterocycles. The Kier molecular flexibility index (Phi) is 3.18. The second-order valence-electron chi connectivity index (χ2n) is 3.11. The summed E-state index contributed by atoms with van der Waals surface area (Å²) in [6.45, 7) is 0. The predicted molar refractivity (Wildman–Crippen MR) is 66.4 cm³/mol. The first-order chi connectivity index (χ1) is 7.25. The second kappa shape index (κ2) is 4.59. The molecule has 0 atom stereocenters. The van der Waals surface area contributed by atoms with Gasteiger partial charge in [-0.3, -0.25) is 0 Å². The molecule has 1 aromatic heterocycles. The lowest BCUT2D eigenvalue weighted by molar-refractivity contribution is 0.471. The van der Waals surface area contributed by atoms with E-state index < -0.39 is 0 Å². The van der Waals surface area contributed by atoms with E-state index >= 15 is 0 Å². The molecule has 0 aliphatic carbocycles. The number of anilines is 1. The molecule has 0 unspecified atom stereocenters. The molecule has 4 heteroatoms. The van der Waals surface area contributed by atoms with E-state index in [-0.39, 0.29) is 0 Å². The Hall–Kier alpha value is -1.13. The Labute approximate surface area is 96.8 Å². The van der Waals surface area contributed by atoms with Crippen molar-refractivity contribution < 1.29 is 5.11 Å². The van der Waals surface area contributed by atoms with Crippen molar-refractivity contribution in [2.24, 2.45) is 0 Å². The maximum Gasteiger partial charge on any atom is 0.119 e. The molecule has 15 heavy (non-hydrogen) atoms. The van der Waals surface area contributed by atoms with Crippen molar-refractivity contribution in [1.82, 2.24) is 0 Å². The van der Waals surface area contributed by atoms with E-state index in [9.17, 15) is 5.11 Å². The lowest BCUT2D eigenvalue weighted by Crippen LogP contribution is -1.87. The van der Waals surface area contributed by atoms with E-state index in [1.54, 1.807) is 35.2 Å². The number of aromatic hydroxyl groups is 1. The monoisotopic (exact) mass is 237 g/mol. The van der Waals surface area contributed by atoms with Crippen molar-refractivity contribution >= 4 is 28.8 Å². The van der Waals surface area contributed by atoms with E-state index in [4.69, 9.17) is 5.73 Å². The third-order valence-corrected chi connectivity index (χ3v) is 4.15. The minimum atomic E-state index is 0.313. The van der Waals surface area contributed by atoms with Gasteiger partial charge in [0.1, 0.15) is 5.75 Å². The van der Waals surface area contributed by atoms with Crippen LogP contribution in [-0.2, 0) is 5.75 Å². The summed E-state index contributed by atoms with van der Waals surface area (Å²) in [5.41, 5.74) is 7.23. The molecule has 2 aromatic rings. The smallest absolute Gasteiger partial charge is 0.119 e.